The van der Waals surface area contributed by atoms with Crippen molar-refractivity contribution in [2.24, 2.45) is 5.92 Å². The van der Waals surface area contributed by atoms with E-state index in [0.29, 0.717) is 19.0 Å². The quantitative estimate of drug-likeness (QED) is 0.584. The molecule has 1 aliphatic carbocycles. The van der Waals surface area contributed by atoms with E-state index in [1.54, 1.807) is 32.0 Å². The van der Waals surface area contributed by atoms with Crippen molar-refractivity contribution in [1.29, 1.82) is 0 Å². The van der Waals surface area contributed by atoms with E-state index in [1.165, 1.54) is 4.31 Å². The maximum absolute atomic E-state index is 13.1. The van der Waals surface area contributed by atoms with Gasteiger partial charge in [0.2, 0.25) is 20.0 Å². The van der Waals surface area contributed by atoms with Crippen LogP contribution in [0, 0.1) is 5.92 Å². The summed E-state index contributed by atoms with van der Waals surface area (Å²) >= 11 is 0. The van der Waals surface area contributed by atoms with Gasteiger partial charge in [0.25, 0.3) is 0 Å². The predicted octanol–water partition coefficient (Wildman–Crippen LogP) is 2.78. The maximum Gasteiger partial charge on any atom is 0.243 e. The zero-order chi connectivity index (χ0) is 23.5. The summed E-state index contributed by atoms with van der Waals surface area (Å²) in [4.78, 5) is 0.288. The topological polar surface area (TPSA) is 105 Å². The minimum atomic E-state index is -3.58. The van der Waals surface area contributed by atoms with E-state index < -0.39 is 25.3 Å². The van der Waals surface area contributed by atoms with Crippen LogP contribution in [-0.2, 0) is 24.8 Å². The number of nitrogens with zero attached hydrogens (tertiary/aromatic N) is 1. The number of morpholine rings is 1. The molecular weight excluding hydrogens is 450 g/mol. The van der Waals surface area contributed by atoms with Crippen LogP contribution >= 0.6 is 0 Å². The molecule has 1 aliphatic heterocycles. The van der Waals surface area contributed by atoms with Gasteiger partial charge < -0.3 is 10.1 Å². The summed E-state index contributed by atoms with van der Waals surface area (Å²) in [6.45, 7) is 8.59. The summed E-state index contributed by atoms with van der Waals surface area (Å²) in [5.74, 6) is 0.427. The number of anilines is 1. The maximum atomic E-state index is 13.1. The summed E-state index contributed by atoms with van der Waals surface area (Å²) < 4.78 is 60.4. The van der Waals surface area contributed by atoms with Gasteiger partial charge in [-0.25, -0.2) is 21.6 Å². The van der Waals surface area contributed by atoms with E-state index in [9.17, 15) is 16.8 Å². The lowest BCUT2D eigenvalue weighted by atomic mass is 9.86. The molecular formula is C22H37N3O5S2. The third kappa shape index (κ3) is 6.44. The Bertz CT molecular complexity index is 963. The second kappa shape index (κ2) is 10.4. The van der Waals surface area contributed by atoms with Crippen molar-refractivity contribution in [3.63, 3.8) is 0 Å². The van der Waals surface area contributed by atoms with Crippen molar-refractivity contribution in [2.45, 2.75) is 81.8 Å². The molecule has 1 saturated carbocycles. The van der Waals surface area contributed by atoms with E-state index in [4.69, 9.17) is 4.74 Å². The fraction of sp³-hybridized carbons (Fsp3) is 0.727. The van der Waals surface area contributed by atoms with Crippen molar-refractivity contribution in [3.8, 4) is 0 Å². The Morgan fingerprint density at radius 2 is 1.66 bits per heavy atom. The molecule has 0 spiro atoms. The van der Waals surface area contributed by atoms with Crippen LogP contribution in [-0.4, -0.2) is 64.3 Å². The first-order valence-corrected chi connectivity index (χ1v) is 14.5. The number of hydrogen-bond donors (Lipinski definition) is 2. The molecule has 3 rings (SSSR count). The molecule has 1 saturated heterocycles. The van der Waals surface area contributed by atoms with E-state index in [1.807, 2.05) is 19.9 Å². The number of ether oxygens (including phenoxy) is 1. The highest BCUT2D eigenvalue weighted by atomic mass is 32.2. The molecule has 10 heteroatoms. The molecule has 2 aliphatic rings. The first-order valence-electron chi connectivity index (χ1n) is 11.5. The molecule has 1 heterocycles. The third-order valence-corrected chi connectivity index (χ3v) is 9.98. The number of benzene rings is 1. The molecule has 0 bridgehead atoms. The molecule has 0 radical (unpaired) electrons. The van der Waals surface area contributed by atoms with E-state index >= 15 is 0 Å². The average Bonchev–Trinajstić information content (AvgIpc) is 2.72. The van der Waals surface area contributed by atoms with Gasteiger partial charge in [-0.1, -0.05) is 6.07 Å². The number of nitrogens with one attached hydrogen (secondary N) is 2. The van der Waals surface area contributed by atoms with Crippen molar-refractivity contribution < 1.29 is 21.6 Å². The van der Waals surface area contributed by atoms with Gasteiger partial charge in [0.15, 0.2) is 0 Å². The van der Waals surface area contributed by atoms with Gasteiger partial charge in [0.1, 0.15) is 0 Å². The zero-order valence-electron chi connectivity index (χ0n) is 19.5. The van der Waals surface area contributed by atoms with Crippen LogP contribution in [0.5, 0.6) is 0 Å². The van der Waals surface area contributed by atoms with Crippen LogP contribution in [0.3, 0.4) is 0 Å². The zero-order valence-corrected chi connectivity index (χ0v) is 21.1. The lowest BCUT2D eigenvalue weighted by Gasteiger charge is -2.34. The summed E-state index contributed by atoms with van der Waals surface area (Å²) in [5.41, 5.74) is 0.781. The molecule has 0 unspecified atom stereocenters. The smallest absolute Gasteiger partial charge is 0.243 e. The van der Waals surface area contributed by atoms with Gasteiger partial charge >= 0.3 is 0 Å². The molecule has 182 valence electrons. The molecule has 1 aromatic rings. The molecule has 2 N–H and O–H groups in total. The lowest BCUT2D eigenvalue weighted by Crippen LogP contribution is -2.48. The Labute approximate surface area is 193 Å². The molecule has 1 aromatic carbocycles. The lowest BCUT2D eigenvalue weighted by molar-refractivity contribution is -0.0440. The number of rotatable bonds is 8. The Hall–Kier alpha value is -1.20. The molecule has 0 amide bonds. The van der Waals surface area contributed by atoms with E-state index in [2.05, 4.69) is 10.0 Å². The van der Waals surface area contributed by atoms with Crippen molar-refractivity contribution in [2.75, 3.05) is 25.0 Å². The van der Waals surface area contributed by atoms with Gasteiger partial charge in [-0.2, -0.15) is 4.31 Å². The Kier molecular flexibility index (Phi) is 8.25. The normalized spacial score (nSPS) is 28.0. The van der Waals surface area contributed by atoms with E-state index in [-0.39, 0.29) is 23.1 Å². The standard InChI is InChI=1S/C22H37N3O5S2/c1-16(2)31(26,27)24-20-10-8-19(9-11-20)13-23-21-6-5-7-22(12-21)32(28,29)25-14-17(3)30-18(4)15-25/h5-7,12,16-20,23-24H,8-11,13-15H2,1-4H3/t17-,18+,19?,20?. The third-order valence-electron chi connectivity index (χ3n) is 6.25. The van der Waals surface area contributed by atoms with Crippen molar-refractivity contribution in [1.82, 2.24) is 9.03 Å². The summed E-state index contributed by atoms with van der Waals surface area (Å²) in [7, 11) is -6.82. The first-order chi connectivity index (χ1) is 15.0. The summed E-state index contributed by atoms with van der Waals surface area (Å²) in [6.07, 6.45) is 3.24. The van der Waals surface area contributed by atoms with Crippen LogP contribution < -0.4 is 10.0 Å². The van der Waals surface area contributed by atoms with Gasteiger partial charge in [0, 0.05) is 31.4 Å². The minimum Gasteiger partial charge on any atom is -0.385 e. The molecule has 32 heavy (non-hydrogen) atoms. The van der Waals surface area contributed by atoms with Crippen molar-refractivity contribution in [3.05, 3.63) is 24.3 Å². The highest BCUT2D eigenvalue weighted by molar-refractivity contribution is 7.90. The summed E-state index contributed by atoms with van der Waals surface area (Å²) in [6, 6.07) is 6.98. The Balaban J connectivity index is 1.55. The fourth-order valence-electron chi connectivity index (χ4n) is 4.36. The van der Waals surface area contributed by atoms with Crippen LogP contribution in [0.4, 0.5) is 5.69 Å². The molecule has 8 nitrogen and oxygen atoms in total. The van der Waals surface area contributed by atoms with Crippen LogP contribution in [0.2, 0.25) is 0 Å². The van der Waals surface area contributed by atoms with Crippen LogP contribution in [0.15, 0.2) is 29.2 Å². The summed E-state index contributed by atoms with van der Waals surface area (Å²) in [5, 5.41) is 2.96. The monoisotopic (exact) mass is 487 g/mol. The molecule has 2 atom stereocenters. The highest BCUT2D eigenvalue weighted by Crippen LogP contribution is 2.27. The number of sulfonamides is 2. The van der Waals surface area contributed by atoms with Crippen molar-refractivity contribution >= 4 is 25.7 Å². The molecule has 2 fully saturated rings. The average molecular weight is 488 g/mol. The van der Waals surface area contributed by atoms with Crippen LogP contribution in [0.1, 0.15) is 53.4 Å². The van der Waals surface area contributed by atoms with Gasteiger partial charge in [-0.15, -0.1) is 0 Å². The number of hydrogen-bond acceptors (Lipinski definition) is 6. The fourth-order valence-corrected chi connectivity index (χ4v) is 6.97. The Morgan fingerprint density at radius 1 is 1.03 bits per heavy atom. The van der Waals surface area contributed by atoms with Gasteiger partial charge in [-0.3, -0.25) is 0 Å². The molecule has 0 aromatic heterocycles. The van der Waals surface area contributed by atoms with Gasteiger partial charge in [-0.05, 0) is 77.5 Å². The second-order valence-corrected chi connectivity index (χ2v) is 13.6. The predicted molar refractivity (Wildman–Crippen MR) is 127 cm³/mol. The van der Waals surface area contributed by atoms with Crippen LogP contribution in [0.25, 0.3) is 0 Å². The highest BCUT2D eigenvalue weighted by Gasteiger charge is 2.32. The van der Waals surface area contributed by atoms with Gasteiger partial charge in [0.05, 0.1) is 22.4 Å². The second-order valence-electron chi connectivity index (χ2n) is 9.42. The SMILES string of the molecule is CC(C)S(=O)(=O)NC1CCC(CNc2cccc(S(=O)(=O)N3C[C@@H](C)O[C@@H](C)C3)c2)CC1. The Morgan fingerprint density at radius 3 is 2.25 bits per heavy atom. The minimum absolute atomic E-state index is 0.00502. The first kappa shape index (κ1) is 25.4. The largest absolute Gasteiger partial charge is 0.385 e. The van der Waals surface area contributed by atoms with E-state index in [0.717, 1.165) is 37.9 Å².